The van der Waals surface area contributed by atoms with Crippen LogP contribution in [-0.2, 0) is 11.0 Å². The van der Waals surface area contributed by atoms with Crippen LogP contribution >= 0.6 is 0 Å². The number of anilines is 1. The molecule has 1 fully saturated rings. The Morgan fingerprint density at radius 2 is 1.84 bits per heavy atom. The van der Waals surface area contributed by atoms with Crippen LogP contribution in [0.15, 0.2) is 30.6 Å². The Morgan fingerprint density at radius 1 is 1.14 bits per heavy atom. The Bertz CT molecular complexity index is 1370. The minimum absolute atomic E-state index is 0.0458. The second-order valence-corrected chi connectivity index (χ2v) is 9.08. The first kappa shape index (κ1) is 26.1. The molecule has 0 spiro atoms. The van der Waals surface area contributed by atoms with Crippen LogP contribution in [0.5, 0.6) is 5.75 Å². The average molecular weight is 526 g/mol. The van der Waals surface area contributed by atoms with Gasteiger partial charge in [0.25, 0.3) is 11.8 Å². The Hall–Kier alpha value is -3.97. The lowest BCUT2D eigenvalue weighted by atomic mass is 10.1. The summed E-state index contributed by atoms with van der Waals surface area (Å²) in [4.78, 5) is 29.8. The van der Waals surface area contributed by atoms with Gasteiger partial charge in [0.1, 0.15) is 23.8 Å². The van der Waals surface area contributed by atoms with Crippen molar-refractivity contribution in [3.05, 3.63) is 41.7 Å². The monoisotopic (exact) mass is 526 g/mol. The molecule has 14 heteroatoms. The summed E-state index contributed by atoms with van der Waals surface area (Å²) in [5, 5.41) is 6.36. The Kier molecular flexibility index (Phi) is 6.46. The second kappa shape index (κ2) is 9.16. The highest BCUT2D eigenvalue weighted by molar-refractivity contribution is 5.96. The number of benzene rings is 1. The number of halogens is 5. The van der Waals surface area contributed by atoms with Crippen molar-refractivity contribution in [1.29, 1.82) is 0 Å². The van der Waals surface area contributed by atoms with Crippen LogP contribution in [0.4, 0.5) is 27.8 Å². The zero-order valence-electron chi connectivity index (χ0n) is 19.9. The van der Waals surface area contributed by atoms with Gasteiger partial charge in [-0.05, 0) is 38.1 Å². The van der Waals surface area contributed by atoms with Gasteiger partial charge in [-0.25, -0.2) is 18.3 Å². The molecule has 3 N–H and O–H groups in total. The minimum Gasteiger partial charge on any atom is -0.497 e. The molecular weight excluding hydrogens is 503 g/mol. The molecule has 2 amide bonds. The van der Waals surface area contributed by atoms with Gasteiger partial charge in [0.15, 0.2) is 11.5 Å². The number of carbonyl (C=O) groups excluding carboxylic acids is 2. The normalized spacial score (nSPS) is 18.3. The van der Waals surface area contributed by atoms with Crippen LogP contribution in [0.1, 0.15) is 29.8 Å². The van der Waals surface area contributed by atoms with Crippen LogP contribution in [0.2, 0.25) is 0 Å². The zero-order chi connectivity index (χ0) is 27.3. The van der Waals surface area contributed by atoms with Crippen molar-refractivity contribution in [1.82, 2.24) is 24.8 Å². The summed E-state index contributed by atoms with van der Waals surface area (Å²) in [7, 11) is 1.30. The van der Waals surface area contributed by atoms with E-state index < -0.39 is 53.5 Å². The highest BCUT2D eigenvalue weighted by Gasteiger charge is 2.41. The topological polar surface area (TPSA) is 115 Å². The summed E-state index contributed by atoms with van der Waals surface area (Å²) in [6, 6.07) is 3.71. The molecule has 37 heavy (non-hydrogen) atoms. The number of carbonyl (C=O) groups is 2. The molecular formula is C23H23F5N6O3. The average Bonchev–Trinajstić information content (AvgIpc) is 3.39. The summed E-state index contributed by atoms with van der Waals surface area (Å²) < 4.78 is 75.9. The molecule has 9 nitrogen and oxygen atoms in total. The number of alkyl halides is 5. The molecule has 2 aromatic heterocycles. The lowest BCUT2D eigenvalue weighted by Crippen LogP contribution is -2.44. The maximum atomic E-state index is 14.6. The Labute approximate surface area is 207 Å². The summed E-state index contributed by atoms with van der Waals surface area (Å²) in [5.41, 5.74) is 2.00. The third kappa shape index (κ3) is 5.00. The smallest absolute Gasteiger partial charge is 0.418 e. The van der Waals surface area contributed by atoms with Crippen molar-refractivity contribution in [2.75, 3.05) is 25.9 Å². The first-order valence-electron chi connectivity index (χ1n) is 11.0. The standard InChI is InChI=1S/C23H23F5N6O3/c1-22(2,25)21(36)33-8-15(24)16(9-33)32-20(35)12-4-11(5-13(6-12)37-3)17-7-14(23(26,27)28)18-19(29)30-10-31-34(17)18/h4-7,10,15-16H,8-9H2,1-3H3,(H,32,35)(H2,29,30,31)/t15-,16+/m0/s1. The van der Waals surface area contributed by atoms with Gasteiger partial charge >= 0.3 is 6.18 Å². The molecule has 1 aliphatic rings. The minimum atomic E-state index is -4.77. The largest absolute Gasteiger partial charge is 0.497 e. The van der Waals surface area contributed by atoms with E-state index in [1.807, 2.05) is 0 Å². The van der Waals surface area contributed by atoms with E-state index in [-0.39, 0.29) is 34.9 Å². The van der Waals surface area contributed by atoms with Crippen molar-refractivity contribution >= 4 is 23.1 Å². The molecule has 198 valence electrons. The predicted octanol–water partition coefficient (Wildman–Crippen LogP) is 3.03. The maximum Gasteiger partial charge on any atom is 0.418 e. The molecule has 0 aliphatic carbocycles. The second-order valence-electron chi connectivity index (χ2n) is 9.08. The van der Waals surface area contributed by atoms with Gasteiger partial charge < -0.3 is 20.7 Å². The summed E-state index contributed by atoms with van der Waals surface area (Å²) >= 11 is 0. The van der Waals surface area contributed by atoms with Crippen LogP contribution in [0, 0.1) is 0 Å². The van der Waals surface area contributed by atoms with Crippen molar-refractivity contribution < 1.29 is 36.3 Å². The van der Waals surface area contributed by atoms with Crippen molar-refractivity contribution in [2.45, 2.75) is 37.9 Å². The summed E-state index contributed by atoms with van der Waals surface area (Å²) in [5.74, 6) is -1.93. The summed E-state index contributed by atoms with van der Waals surface area (Å²) in [6.45, 7) is 1.48. The lowest BCUT2D eigenvalue weighted by molar-refractivity contribution is -0.141. The first-order chi connectivity index (χ1) is 17.2. The van der Waals surface area contributed by atoms with E-state index in [1.54, 1.807) is 0 Å². The van der Waals surface area contributed by atoms with E-state index in [0.29, 0.717) is 0 Å². The van der Waals surface area contributed by atoms with Crippen LogP contribution in [0.25, 0.3) is 16.8 Å². The van der Waals surface area contributed by atoms with E-state index >= 15 is 0 Å². The van der Waals surface area contributed by atoms with Crippen LogP contribution in [0.3, 0.4) is 0 Å². The number of hydrogen-bond donors (Lipinski definition) is 2. The number of nitrogens with zero attached hydrogens (tertiary/aromatic N) is 4. The quantitative estimate of drug-likeness (QED) is 0.494. The number of ether oxygens (including phenoxy) is 1. The third-order valence-corrected chi connectivity index (χ3v) is 5.95. The third-order valence-electron chi connectivity index (χ3n) is 5.95. The molecule has 0 bridgehead atoms. The molecule has 2 atom stereocenters. The van der Waals surface area contributed by atoms with Gasteiger partial charge in [-0.15, -0.1) is 0 Å². The van der Waals surface area contributed by atoms with Gasteiger partial charge in [0.05, 0.1) is 31.0 Å². The number of fused-ring (bicyclic) bond motifs is 1. The highest BCUT2D eigenvalue weighted by atomic mass is 19.4. The van der Waals surface area contributed by atoms with E-state index in [4.69, 9.17) is 10.5 Å². The van der Waals surface area contributed by atoms with E-state index in [2.05, 4.69) is 15.4 Å². The van der Waals surface area contributed by atoms with Gasteiger partial charge in [-0.3, -0.25) is 9.59 Å². The zero-order valence-corrected chi connectivity index (χ0v) is 19.9. The van der Waals surface area contributed by atoms with Gasteiger partial charge in [-0.1, -0.05) is 0 Å². The molecule has 3 aromatic rings. The Morgan fingerprint density at radius 3 is 2.46 bits per heavy atom. The number of nitrogens with two attached hydrogens (primary N) is 1. The van der Waals surface area contributed by atoms with Gasteiger partial charge in [0.2, 0.25) is 0 Å². The molecule has 1 aliphatic heterocycles. The number of amides is 2. The molecule has 0 saturated carbocycles. The molecule has 0 radical (unpaired) electrons. The SMILES string of the molecule is COc1cc(C(=O)N[C@@H]2CN(C(=O)C(C)(C)F)C[C@@H]2F)cc(-c2cc(C(F)(F)F)c3c(N)ncnn23)c1. The molecule has 4 rings (SSSR count). The number of methoxy groups -OCH3 is 1. The van der Waals surface area contributed by atoms with E-state index in [9.17, 15) is 31.5 Å². The lowest BCUT2D eigenvalue weighted by Gasteiger charge is -2.22. The molecule has 3 heterocycles. The fourth-order valence-corrected chi connectivity index (χ4v) is 4.18. The number of rotatable bonds is 5. The highest BCUT2D eigenvalue weighted by Crippen LogP contribution is 2.39. The number of nitrogen functional groups attached to an aromatic ring is 1. The molecule has 0 unspecified atom stereocenters. The predicted molar refractivity (Wildman–Crippen MR) is 122 cm³/mol. The van der Waals surface area contributed by atoms with Crippen molar-refractivity contribution in [3.63, 3.8) is 0 Å². The van der Waals surface area contributed by atoms with Gasteiger partial charge in [-0.2, -0.15) is 18.3 Å². The fourth-order valence-electron chi connectivity index (χ4n) is 4.18. The van der Waals surface area contributed by atoms with Crippen LogP contribution in [-0.4, -0.2) is 69.4 Å². The van der Waals surface area contributed by atoms with E-state index in [1.165, 1.54) is 25.3 Å². The summed E-state index contributed by atoms with van der Waals surface area (Å²) in [6.07, 6.45) is -5.42. The number of likely N-dealkylation sites (tertiary alicyclic amines) is 1. The fraction of sp³-hybridized carbons (Fsp3) is 0.391. The number of nitrogens with one attached hydrogen (secondary N) is 1. The van der Waals surface area contributed by atoms with Crippen molar-refractivity contribution in [3.8, 4) is 17.0 Å². The Balaban J connectivity index is 1.69. The first-order valence-corrected chi connectivity index (χ1v) is 11.0. The molecule has 1 saturated heterocycles. The van der Waals surface area contributed by atoms with Crippen molar-refractivity contribution in [2.24, 2.45) is 0 Å². The van der Waals surface area contributed by atoms with Crippen LogP contribution < -0.4 is 15.8 Å². The van der Waals surface area contributed by atoms with E-state index in [0.717, 1.165) is 35.7 Å². The number of hydrogen-bond acceptors (Lipinski definition) is 6. The molecule has 1 aromatic carbocycles. The maximum absolute atomic E-state index is 14.6. The number of aromatic nitrogens is 3. The van der Waals surface area contributed by atoms with Gasteiger partial charge in [0, 0.05) is 17.7 Å².